The number of carbonyl (C=O) groups excluding carboxylic acids is 1. The van der Waals surface area contributed by atoms with Crippen molar-refractivity contribution in [2.24, 2.45) is 0 Å². The number of hydrogen-bond donors (Lipinski definition) is 0. The SMILES string of the molecule is O=CCCOc1ccc(Oc2ccccc2)cc1. The third kappa shape index (κ3) is 3.63. The molecule has 0 aliphatic carbocycles. The second-order valence-corrected chi connectivity index (χ2v) is 3.69. The highest BCUT2D eigenvalue weighted by molar-refractivity contribution is 5.49. The first-order valence-corrected chi connectivity index (χ1v) is 5.78. The molecule has 0 aromatic heterocycles. The Morgan fingerprint density at radius 3 is 2.11 bits per heavy atom. The van der Waals surface area contributed by atoms with Gasteiger partial charge >= 0.3 is 0 Å². The Kier molecular flexibility index (Phi) is 4.36. The summed E-state index contributed by atoms with van der Waals surface area (Å²) in [5.41, 5.74) is 0. The maximum absolute atomic E-state index is 10.2. The lowest BCUT2D eigenvalue weighted by Crippen LogP contribution is -1.97. The molecule has 0 spiro atoms. The van der Waals surface area contributed by atoms with Crippen LogP contribution in [-0.2, 0) is 4.79 Å². The van der Waals surface area contributed by atoms with Gasteiger partial charge in [0.15, 0.2) is 0 Å². The molecule has 0 saturated carbocycles. The van der Waals surface area contributed by atoms with Crippen molar-refractivity contribution in [2.75, 3.05) is 6.61 Å². The molecule has 0 aliphatic rings. The maximum Gasteiger partial charge on any atom is 0.127 e. The number of para-hydroxylation sites is 1. The molecule has 0 bridgehead atoms. The molecule has 3 nitrogen and oxygen atoms in total. The summed E-state index contributed by atoms with van der Waals surface area (Å²) in [5, 5.41) is 0. The standard InChI is InChI=1S/C15H14O3/c16-11-4-12-17-13-7-9-15(10-8-13)18-14-5-2-1-3-6-14/h1-3,5-11H,4,12H2. The van der Waals surface area contributed by atoms with E-state index >= 15 is 0 Å². The summed E-state index contributed by atoms with van der Waals surface area (Å²) in [7, 11) is 0. The van der Waals surface area contributed by atoms with Crippen molar-refractivity contribution in [3.63, 3.8) is 0 Å². The Morgan fingerprint density at radius 1 is 0.833 bits per heavy atom. The zero-order chi connectivity index (χ0) is 12.6. The summed E-state index contributed by atoms with van der Waals surface area (Å²) in [6.45, 7) is 0.405. The summed E-state index contributed by atoms with van der Waals surface area (Å²) in [6.07, 6.45) is 1.25. The molecule has 92 valence electrons. The van der Waals surface area contributed by atoms with Gasteiger partial charge in [0.1, 0.15) is 23.5 Å². The van der Waals surface area contributed by atoms with Crippen LogP contribution in [0.25, 0.3) is 0 Å². The van der Waals surface area contributed by atoms with Crippen LogP contribution in [0, 0.1) is 0 Å². The number of benzene rings is 2. The van der Waals surface area contributed by atoms with E-state index in [1.54, 1.807) is 0 Å². The lowest BCUT2D eigenvalue weighted by Gasteiger charge is -2.07. The Labute approximate surface area is 106 Å². The lowest BCUT2D eigenvalue weighted by atomic mass is 10.3. The van der Waals surface area contributed by atoms with Crippen LogP contribution in [0.2, 0.25) is 0 Å². The van der Waals surface area contributed by atoms with E-state index in [1.165, 1.54) is 0 Å². The van der Waals surface area contributed by atoms with Crippen molar-refractivity contribution in [1.82, 2.24) is 0 Å². The number of aldehydes is 1. The average molecular weight is 242 g/mol. The highest BCUT2D eigenvalue weighted by Gasteiger charge is 1.97. The average Bonchev–Trinajstić information content (AvgIpc) is 2.42. The molecule has 0 N–H and O–H groups in total. The normalized spacial score (nSPS) is 9.78. The van der Waals surface area contributed by atoms with Gasteiger partial charge in [-0.1, -0.05) is 18.2 Å². The van der Waals surface area contributed by atoms with Gasteiger partial charge in [-0.2, -0.15) is 0 Å². The van der Waals surface area contributed by atoms with Gasteiger partial charge in [-0.15, -0.1) is 0 Å². The Balaban J connectivity index is 1.93. The van der Waals surface area contributed by atoms with Gasteiger partial charge in [0.25, 0.3) is 0 Å². The molecule has 0 fully saturated rings. The topological polar surface area (TPSA) is 35.5 Å². The zero-order valence-electron chi connectivity index (χ0n) is 9.91. The second kappa shape index (κ2) is 6.45. The van der Waals surface area contributed by atoms with Gasteiger partial charge in [0.05, 0.1) is 6.61 Å². The van der Waals surface area contributed by atoms with Crippen molar-refractivity contribution in [3.8, 4) is 17.2 Å². The van der Waals surface area contributed by atoms with Gasteiger partial charge in [0.2, 0.25) is 0 Å². The van der Waals surface area contributed by atoms with Gasteiger partial charge in [-0.25, -0.2) is 0 Å². The van der Waals surface area contributed by atoms with Crippen LogP contribution in [0.15, 0.2) is 54.6 Å². The molecule has 18 heavy (non-hydrogen) atoms. The number of hydrogen-bond acceptors (Lipinski definition) is 3. The van der Waals surface area contributed by atoms with E-state index in [9.17, 15) is 4.79 Å². The predicted molar refractivity (Wildman–Crippen MR) is 69.1 cm³/mol. The Hall–Kier alpha value is -2.29. The summed E-state index contributed by atoms with van der Waals surface area (Å²) >= 11 is 0. The number of ether oxygens (including phenoxy) is 2. The van der Waals surface area contributed by atoms with E-state index in [-0.39, 0.29) is 0 Å². The first-order valence-electron chi connectivity index (χ1n) is 5.78. The molecule has 0 atom stereocenters. The minimum Gasteiger partial charge on any atom is -0.493 e. The van der Waals surface area contributed by atoms with Crippen molar-refractivity contribution < 1.29 is 14.3 Å². The molecule has 2 rings (SSSR count). The van der Waals surface area contributed by atoms with Gasteiger partial charge < -0.3 is 14.3 Å². The Bertz CT molecular complexity index is 477. The van der Waals surface area contributed by atoms with Crippen molar-refractivity contribution in [2.45, 2.75) is 6.42 Å². The van der Waals surface area contributed by atoms with Crippen LogP contribution in [0.4, 0.5) is 0 Å². The molecule has 0 aliphatic heterocycles. The smallest absolute Gasteiger partial charge is 0.127 e. The van der Waals surface area contributed by atoms with Crippen LogP contribution in [-0.4, -0.2) is 12.9 Å². The van der Waals surface area contributed by atoms with E-state index in [2.05, 4.69) is 0 Å². The molecule has 0 amide bonds. The van der Waals surface area contributed by atoms with Crippen molar-refractivity contribution in [3.05, 3.63) is 54.6 Å². The maximum atomic E-state index is 10.2. The number of rotatable bonds is 6. The summed E-state index contributed by atoms with van der Waals surface area (Å²) in [5.74, 6) is 2.29. The first kappa shape index (κ1) is 12.2. The van der Waals surface area contributed by atoms with Crippen molar-refractivity contribution in [1.29, 1.82) is 0 Å². The predicted octanol–water partition coefficient (Wildman–Crippen LogP) is 3.45. The fourth-order valence-corrected chi connectivity index (χ4v) is 1.45. The third-order valence-electron chi connectivity index (χ3n) is 2.31. The van der Waals surface area contributed by atoms with Crippen LogP contribution in [0.5, 0.6) is 17.2 Å². The summed E-state index contributed by atoms with van der Waals surface area (Å²) < 4.78 is 11.0. The zero-order valence-corrected chi connectivity index (χ0v) is 9.91. The molecular formula is C15H14O3. The van der Waals surface area contributed by atoms with Crippen LogP contribution in [0.3, 0.4) is 0 Å². The minimum atomic E-state index is 0.405. The van der Waals surface area contributed by atoms with E-state index in [0.29, 0.717) is 13.0 Å². The van der Waals surface area contributed by atoms with E-state index in [0.717, 1.165) is 23.5 Å². The lowest BCUT2D eigenvalue weighted by molar-refractivity contribution is -0.108. The summed E-state index contributed by atoms with van der Waals surface area (Å²) in [6, 6.07) is 16.9. The quantitative estimate of drug-likeness (QED) is 0.575. The van der Waals surface area contributed by atoms with E-state index in [4.69, 9.17) is 9.47 Å². The van der Waals surface area contributed by atoms with E-state index < -0.39 is 0 Å². The molecule has 0 heterocycles. The van der Waals surface area contributed by atoms with Gasteiger partial charge in [-0.3, -0.25) is 0 Å². The van der Waals surface area contributed by atoms with Crippen LogP contribution >= 0.6 is 0 Å². The molecule has 0 radical (unpaired) electrons. The van der Waals surface area contributed by atoms with Crippen LogP contribution < -0.4 is 9.47 Å². The Morgan fingerprint density at radius 2 is 1.44 bits per heavy atom. The molecule has 2 aromatic rings. The monoisotopic (exact) mass is 242 g/mol. The largest absolute Gasteiger partial charge is 0.493 e. The molecular weight excluding hydrogens is 228 g/mol. The highest BCUT2D eigenvalue weighted by atomic mass is 16.5. The fourth-order valence-electron chi connectivity index (χ4n) is 1.45. The van der Waals surface area contributed by atoms with Crippen molar-refractivity contribution >= 4 is 6.29 Å². The minimum absolute atomic E-state index is 0.405. The number of carbonyl (C=O) groups is 1. The molecule has 2 aromatic carbocycles. The first-order chi connectivity index (χ1) is 8.88. The second-order valence-electron chi connectivity index (χ2n) is 3.69. The highest BCUT2D eigenvalue weighted by Crippen LogP contribution is 2.23. The van der Waals surface area contributed by atoms with Crippen LogP contribution in [0.1, 0.15) is 6.42 Å². The van der Waals surface area contributed by atoms with Gasteiger partial charge in [-0.05, 0) is 36.4 Å². The van der Waals surface area contributed by atoms with Gasteiger partial charge in [0, 0.05) is 6.42 Å². The molecule has 3 heteroatoms. The third-order valence-corrected chi connectivity index (χ3v) is 2.31. The fraction of sp³-hybridized carbons (Fsp3) is 0.133. The molecule has 0 saturated heterocycles. The van der Waals surface area contributed by atoms with E-state index in [1.807, 2.05) is 54.6 Å². The molecule has 0 unspecified atom stereocenters. The summed E-state index contributed by atoms with van der Waals surface area (Å²) in [4.78, 5) is 10.2.